The van der Waals surface area contributed by atoms with Crippen molar-refractivity contribution in [1.82, 2.24) is 0 Å². The topological polar surface area (TPSA) is 52.9 Å². The molecule has 1 aromatic carbocycles. The van der Waals surface area contributed by atoms with Crippen LogP contribution in [0, 0.1) is 11.3 Å². The van der Waals surface area contributed by atoms with Crippen molar-refractivity contribution in [3.05, 3.63) is 51.7 Å². The number of benzene rings is 1. The van der Waals surface area contributed by atoms with E-state index < -0.39 is 11.7 Å². The summed E-state index contributed by atoms with van der Waals surface area (Å²) < 4.78 is 37.7. The number of carbonyl (C=O) groups is 1. The molecular weight excluding hydrogens is 301 g/mol. The number of thiophene rings is 1. The van der Waals surface area contributed by atoms with E-state index in [1.165, 1.54) is 11.3 Å². The number of nitrogens with zero attached hydrogens (tertiary/aromatic N) is 1. The zero-order valence-corrected chi connectivity index (χ0v) is 11.4. The second-order valence-electron chi connectivity index (χ2n) is 4.17. The number of amides is 1. The zero-order valence-electron chi connectivity index (χ0n) is 10.6. The number of nitrogens with one attached hydrogen (secondary N) is 1. The maximum Gasteiger partial charge on any atom is 0.416 e. The molecule has 0 aliphatic carbocycles. The van der Waals surface area contributed by atoms with E-state index in [1.54, 1.807) is 18.2 Å². The largest absolute Gasteiger partial charge is 0.416 e. The quantitative estimate of drug-likeness (QED) is 0.937. The number of rotatable bonds is 3. The number of alkyl halides is 3. The fraction of sp³-hybridized carbons (Fsp3) is 0.143. The molecule has 0 saturated carbocycles. The Morgan fingerprint density at radius 2 is 2.10 bits per heavy atom. The molecule has 0 atom stereocenters. The van der Waals surface area contributed by atoms with Gasteiger partial charge in [-0.15, -0.1) is 11.3 Å². The molecule has 0 unspecified atom stereocenters. The number of nitriles is 1. The van der Waals surface area contributed by atoms with Gasteiger partial charge in [0.15, 0.2) is 0 Å². The summed E-state index contributed by atoms with van der Waals surface area (Å²) in [5.74, 6) is -0.381. The van der Waals surface area contributed by atoms with Crippen LogP contribution in [0.25, 0.3) is 0 Å². The van der Waals surface area contributed by atoms with Gasteiger partial charge in [-0.25, -0.2) is 0 Å². The predicted octanol–water partition coefficient (Wildman–Crippen LogP) is 3.82. The first kappa shape index (κ1) is 15.1. The van der Waals surface area contributed by atoms with Crippen molar-refractivity contribution in [2.45, 2.75) is 12.6 Å². The smallest absolute Gasteiger partial charge is 0.325 e. The van der Waals surface area contributed by atoms with Crippen molar-refractivity contribution < 1.29 is 18.0 Å². The van der Waals surface area contributed by atoms with Gasteiger partial charge >= 0.3 is 6.18 Å². The Balaban J connectivity index is 2.17. The van der Waals surface area contributed by atoms with Crippen molar-refractivity contribution in [1.29, 1.82) is 5.26 Å². The first-order valence-electron chi connectivity index (χ1n) is 5.83. The molecule has 1 N–H and O–H groups in total. The molecule has 0 radical (unpaired) electrons. The molecule has 3 nitrogen and oxygen atoms in total. The maximum absolute atomic E-state index is 12.6. The predicted molar refractivity (Wildman–Crippen MR) is 72.8 cm³/mol. The van der Waals surface area contributed by atoms with Crippen LogP contribution < -0.4 is 5.32 Å². The molecular formula is C14H9F3N2OS. The van der Waals surface area contributed by atoms with Crippen LogP contribution in [0.2, 0.25) is 0 Å². The fourth-order valence-corrected chi connectivity index (χ4v) is 2.39. The minimum absolute atomic E-state index is 0.0760. The first-order valence-corrected chi connectivity index (χ1v) is 6.71. The maximum atomic E-state index is 12.6. The van der Waals surface area contributed by atoms with E-state index in [0.29, 0.717) is 0 Å². The summed E-state index contributed by atoms with van der Waals surface area (Å²) in [6.07, 6.45) is -4.41. The Morgan fingerprint density at radius 3 is 2.67 bits per heavy atom. The third-order valence-electron chi connectivity index (χ3n) is 2.66. The molecule has 0 aliphatic rings. The second kappa shape index (κ2) is 5.97. The molecule has 0 bridgehead atoms. The van der Waals surface area contributed by atoms with Crippen LogP contribution in [-0.4, -0.2) is 5.91 Å². The number of carbonyl (C=O) groups excluding carboxylic acids is 1. The summed E-state index contributed by atoms with van der Waals surface area (Å²) >= 11 is 1.40. The van der Waals surface area contributed by atoms with E-state index >= 15 is 0 Å². The molecule has 0 aliphatic heterocycles. The number of hydrogen-bond donors (Lipinski definition) is 1. The molecule has 21 heavy (non-hydrogen) atoms. The lowest BCUT2D eigenvalue weighted by molar-refractivity contribution is -0.137. The normalized spacial score (nSPS) is 11.0. The Morgan fingerprint density at radius 1 is 1.33 bits per heavy atom. The Kier molecular flexibility index (Phi) is 4.29. The fourth-order valence-electron chi connectivity index (χ4n) is 1.69. The monoisotopic (exact) mass is 310 g/mol. The molecule has 0 spiro atoms. The van der Waals surface area contributed by atoms with Gasteiger partial charge in [-0.05, 0) is 29.6 Å². The third-order valence-corrected chi connectivity index (χ3v) is 3.53. The van der Waals surface area contributed by atoms with E-state index in [4.69, 9.17) is 5.26 Å². The Labute approximate surface area is 122 Å². The van der Waals surface area contributed by atoms with Crippen molar-refractivity contribution in [2.24, 2.45) is 0 Å². The van der Waals surface area contributed by atoms with Crippen molar-refractivity contribution in [3.63, 3.8) is 0 Å². The minimum atomic E-state index is -4.52. The minimum Gasteiger partial charge on any atom is -0.325 e. The van der Waals surface area contributed by atoms with Gasteiger partial charge < -0.3 is 5.32 Å². The second-order valence-corrected chi connectivity index (χ2v) is 5.21. The molecule has 2 aromatic rings. The van der Waals surface area contributed by atoms with Crippen LogP contribution >= 0.6 is 11.3 Å². The highest BCUT2D eigenvalue weighted by Gasteiger charge is 2.31. The van der Waals surface area contributed by atoms with Crippen molar-refractivity contribution in [3.8, 4) is 6.07 Å². The molecule has 1 amide bonds. The molecule has 7 heteroatoms. The van der Waals surface area contributed by atoms with Crippen LogP contribution in [-0.2, 0) is 17.4 Å². The molecule has 1 heterocycles. The van der Waals surface area contributed by atoms with Gasteiger partial charge in [0.2, 0.25) is 5.91 Å². The van der Waals surface area contributed by atoms with Crippen LogP contribution in [0.1, 0.15) is 16.0 Å². The zero-order chi connectivity index (χ0) is 15.5. The highest BCUT2D eigenvalue weighted by molar-refractivity contribution is 7.10. The number of halogens is 3. The lowest BCUT2D eigenvalue weighted by Gasteiger charge is -2.10. The highest BCUT2D eigenvalue weighted by atomic mass is 32.1. The van der Waals surface area contributed by atoms with Gasteiger partial charge in [-0.2, -0.15) is 18.4 Å². The standard InChI is InChI=1S/C14H9F3N2OS/c15-14(16,17)10-3-4-12(9(6-10)8-18)19-13(20)7-11-2-1-5-21-11/h1-6H,7H2,(H,19,20). The summed E-state index contributed by atoms with van der Waals surface area (Å²) in [6, 6.07) is 7.89. The van der Waals surface area contributed by atoms with Crippen LogP contribution in [0.15, 0.2) is 35.7 Å². The van der Waals surface area contributed by atoms with Gasteiger partial charge in [0, 0.05) is 4.88 Å². The van der Waals surface area contributed by atoms with Gasteiger partial charge in [0.1, 0.15) is 6.07 Å². The molecule has 0 saturated heterocycles. The molecule has 1 aromatic heterocycles. The summed E-state index contributed by atoms with van der Waals surface area (Å²) in [6.45, 7) is 0. The molecule has 0 fully saturated rings. The van der Waals surface area contributed by atoms with Crippen LogP contribution in [0.3, 0.4) is 0 Å². The lowest BCUT2D eigenvalue weighted by atomic mass is 10.1. The van der Waals surface area contributed by atoms with Gasteiger partial charge in [-0.3, -0.25) is 4.79 Å². The molecule has 108 valence electrons. The van der Waals surface area contributed by atoms with E-state index in [0.717, 1.165) is 23.1 Å². The van der Waals surface area contributed by atoms with Crippen LogP contribution in [0.4, 0.5) is 18.9 Å². The first-order chi connectivity index (χ1) is 9.90. The Hall–Kier alpha value is -2.33. The van der Waals surface area contributed by atoms with E-state index in [9.17, 15) is 18.0 Å². The van der Waals surface area contributed by atoms with Gasteiger partial charge in [0.05, 0.1) is 23.2 Å². The van der Waals surface area contributed by atoms with Crippen LogP contribution in [0.5, 0.6) is 0 Å². The SMILES string of the molecule is N#Cc1cc(C(F)(F)F)ccc1NC(=O)Cc1cccs1. The van der Waals surface area contributed by atoms with E-state index in [2.05, 4.69) is 5.32 Å². The lowest BCUT2D eigenvalue weighted by Crippen LogP contribution is -2.15. The van der Waals surface area contributed by atoms with E-state index in [1.807, 2.05) is 5.38 Å². The van der Waals surface area contributed by atoms with Crippen molar-refractivity contribution in [2.75, 3.05) is 5.32 Å². The number of anilines is 1. The summed E-state index contributed by atoms with van der Waals surface area (Å²) in [7, 11) is 0. The summed E-state index contributed by atoms with van der Waals surface area (Å²) in [4.78, 5) is 12.6. The summed E-state index contributed by atoms with van der Waals surface area (Å²) in [5.41, 5.74) is -1.06. The highest BCUT2D eigenvalue weighted by Crippen LogP contribution is 2.31. The number of hydrogen-bond acceptors (Lipinski definition) is 3. The van der Waals surface area contributed by atoms with Gasteiger partial charge in [-0.1, -0.05) is 6.07 Å². The third kappa shape index (κ3) is 3.83. The van der Waals surface area contributed by atoms with Crippen molar-refractivity contribution >= 4 is 22.9 Å². The average Bonchev–Trinajstić information content (AvgIpc) is 2.90. The Bertz CT molecular complexity index is 687. The average molecular weight is 310 g/mol. The van der Waals surface area contributed by atoms with E-state index in [-0.39, 0.29) is 23.6 Å². The summed E-state index contributed by atoms with van der Waals surface area (Å²) in [5, 5.41) is 13.2. The molecule has 2 rings (SSSR count). The van der Waals surface area contributed by atoms with Gasteiger partial charge in [0.25, 0.3) is 0 Å².